The van der Waals surface area contributed by atoms with E-state index in [9.17, 15) is 0 Å². The summed E-state index contributed by atoms with van der Waals surface area (Å²) in [5, 5.41) is 6.90. The lowest BCUT2D eigenvalue weighted by molar-refractivity contribution is 1.26. The molecule has 0 saturated carbocycles. The Morgan fingerprint density at radius 3 is 2.70 bits per heavy atom. The van der Waals surface area contributed by atoms with Gasteiger partial charge in [0.1, 0.15) is 0 Å². The molecule has 0 bridgehead atoms. The number of nitrogens with zero attached hydrogens (tertiary/aromatic N) is 3. The second kappa shape index (κ2) is 6.08. The number of hydrogen-bond acceptors (Lipinski definition) is 5. The SMILES string of the molecule is C(=N\Nc1nc(-c2ccccc2)cs1)/c1ccccn1. The van der Waals surface area contributed by atoms with Gasteiger partial charge < -0.3 is 0 Å². The molecule has 0 unspecified atom stereocenters. The minimum Gasteiger partial charge on any atom is -0.255 e. The van der Waals surface area contributed by atoms with Crippen molar-refractivity contribution < 1.29 is 0 Å². The normalized spacial score (nSPS) is 10.8. The first kappa shape index (κ1) is 12.5. The van der Waals surface area contributed by atoms with Crippen LogP contribution < -0.4 is 5.43 Å². The van der Waals surface area contributed by atoms with Crippen LogP contribution >= 0.6 is 11.3 Å². The van der Waals surface area contributed by atoms with Crippen LogP contribution in [0.1, 0.15) is 5.69 Å². The van der Waals surface area contributed by atoms with Gasteiger partial charge in [-0.15, -0.1) is 11.3 Å². The van der Waals surface area contributed by atoms with Gasteiger partial charge in [0.2, 0.25) is 5.13 Å². The molecular formula is C15H12N4S. The zero-order valence-electron chi connectivity index (χ0n) is 10.6. The molecule has 2 heterocycles. The molecule has 1 aromatic carbocycles. The smallest absolute Gasteiger partial charge is 0.203 e. The number of thiazole rings is 1. The van der Waals surface area contributed by atoms with Crippen LogP contribution in [0.5, 0.6) is 0 Å². The Balaban J connectivity index is 1.68. The maximum Gasteiger partial charge on any atom is 0.203 e. The van der Waals surface area contributed by atoms with Gasteiger partial charge in [-0.05, 0) is 12.1 Å². The van der Waals surface area contributed by atoms with Gasteiger partial charge in [-0.3, -0.25) is 10.4 Å². The summed E-state index contributed by atoms with van der Waals surface area (Å²) in [4.78, 5) is 8.64. The maximum atomic E-state index is 4.48. The second-order valence-corrected chi connectivity index (χ2v) is 4.89. The third-order valence-corrected chi connectivity index (χ3v) is 3.37. The number of aromatic nitrogens is 2. The predicted molar refractivity (Wildman–Crippen MR) is 83.0 cm³/mol. The molecule has 98 valence electrons. The summed E-state index contributed by atoms with van der Waals surface area (Å²) < 4.78 is 0. The van der Waals surface area contributed by atoms with Crippen molar-refractivity contribution in [3.63, 3.8) is 0 Å². The summed E-state index contributed by atoms with van der Waals surface area (Å²) in [6, 6.07) is 15.8. The van der Waals surface area contributed by atoms with E-state index in [4.69, 9.17) is 0 Å². The Bertz CT molecular complexity index is 692. The van der Waals surface area contributed by atoms with E-state index in [0.717, 1.165) is 22.1 Å². The van der Waals surface area contributed by atoms with E-state index in [2.05, 4.69) is 20.5 Å². The minimum absolute atomic E-state index is 0.760. The highest BCUT2D eigenvalue weighted by Gasteiger charge is 2.02. The standard InChI is InChI=1S/C15H12N4S/c1-2-6-12(7-3-1)14-11-20-15(18-14)19-17-10-13-8-4-5-9-16-13/h1-11H,(H,18,19)/b17-10+. The predicted octanol–water partition coefficient (Wildman–Crippen LogP) is 3.65. The van der Waals surface area contributed by atoms with Crippen molar-refractivity contribution >= 4 is 22.7 Å². The average molecular weight is 280 g/mol. The Hall–Kier alpha value is -2.53. The molecule has 0 aliphatic heterocycles. The van der Waals surface area contributed by atoms with Crippen molar-refractivity contribution in [3.05, 3.63) is 65.8 Å². The highest BCUT2D eigenvalue weighted by molar-refractivity contribution is 7.14. The van der Waals surface area contributed by atoms with Crippen LogP contribution in [-0.4, -0.2) is 16.2 Å². The summed E-state index contributed by atoms with van der Waals surface area (Å²) in [5.41, 5.74) is 5.78. The summed E-state index contributed by atoms with van der Waals surface area (Å²) in [6.45, 7) is 0. The van der Waals surface area contributed by atoms with Gasteiger partial charge in [0, 0.05) is 17.1 Å². The zero-order chi connectivity index (χ0) is 13.6. The summed E-state index contributed by atoms with van der Waals surface area (Å²) in [5.74, 6) is 0. The molecule has 2 aromatic heterocycles. The first-order chi connectivity index (χ1) is 9.92. The molecule has 0 saturated heterocycles. The highest BCUT2D eigenvalue weighted by Crippen LogP contribution is 2.24. The van der Waals surface area contributed by atoms with Crippen LogP contribution in [0.3, 0.4) is 0 Å². The van der Waals surface area contributed by atoms with E-state index in [-0.39, 0.29) is 0 Å². The average Bonchev–Trinajstić information content (AvgIpc) is 2.98. The number of rotatable bonds is 4. The van der Waals surface area contributed by atoms with Crippen molar-refractivity contribution in [2.75, 3.05) is 5.43 Å². The molecule has 5 heteroatoms. The quantitative estimate of drug-likeness (QED) is 0.586. The van der Waals surface area contributed by atoms with Crippen LogP contribution in [0.4, 0.5) is 5.13 Å². The van der Waals surface area contributed by atoms with Crippen molar-refractivity contribution in [1.29, 1.82) is 0 Å². The molecule has 0 aliphatic rings. The molecule has 0 fully saturated rings. The van der Waals surface area contributed by atoms with Gasteiger partial charge in [-0.2, -0.15) is 5.10 Å². The molecule has 1 N–H and O–H groups in total. The van der Waals surface area contributed by atoms with Crippen LogP contribution in [-0.2, 0) is 0 Å². The third kappa shape index (κ3) is 3.07. The number of anilines is 1. The molecule has 0 spiro atoms. The fourth-order valence-electron chi connectivity index (χ4n) is 1.67. The summed E-state index contributed by atoms with van der Waals surface area (Å²) in [7, 11) is 0. The topological polar surface area (TPSA) is 50.2 Å². The van der Waals surface area contributed by atoms with Gasteiger partial charge in [0.05, 0.1) is 17.6 Å². The summed E-state index contributed by atoms with van der Waals surface area (Å²) >= 11 is 1.52. The van der Waals surface area contributed by atoms with Crippen LogP contribution in [0, 0.1) is 0 Å². The molecular weight excluding hydrogens is 268 g/mol. The molecule has 0 atom stereocenters. The lowest BCUT2D eigenvalue weighted by Gasteiger charge is -1.95. The van der Waals surface area contributed by atoms with E-state index in [1.54, 1.807) is 12.4 Å². The van der Waals surface area contributed by atoms with Crippen molar-refractivity contribution in [1.82, 2.24) is 9.97 Å². The second-order valence-electron chi connectivity index (χ2n) is 4.03. The van der Waals surface area contributed by atoms with E-state index >= 15 is 0 Å². The van der Waals surface area contributed by atoms with Gasteiger partial charge >= 0.3 is 0 Å². The van der Waals surface area contributed by atoms with Crippen LogP contribution in [0.2, 0.25) is 0 Å². The highest BCUT2D eigenvalue weighted by atomic mass is 32.1. The van der Waals surface area contributed by atoms with Crippen LogP contribution in [0.15, 0.2) is 65.2 Å². The molecule has 0 radical (unpaired) electrons. The maximum absolute atomic E-state index is 4.48. The Morgan fingerprint density at radius 1 is 1.05 bits per heavy atom. The fourth-order valence-corrected chi connectivity index (χ4v) is 2.34. The lowest BCUT2D eigenvalue weighted by Crippen LogP contribution is -1.91. The van der Waals surface area contributed by atoms with Gasteiger partial charge in [-0.1, -0.05) is 36.4 Å². The van der Waals surface area contributed by atoms with Gasteiger partial charge in [0.25, 0.3) is 0 Å². The largest absolute Gasteiger partial charge is 0.255 e. The van der Waals surface area contributed by atoms with Crippen molar-refractivity contribution in [2.24, 2.45) is 5.10 Å². The minimum atomic E-state index is 0.760. The molecule has 0 aliphatic carbocycles. The molecule has 0 amide bonds. The zero-order valence-corrected chi connectivity index (χ0v) is 11.4. The Morgan fingerprint density at radius 2 is 1.90 bits per heavy atom. The van der Waals surface area contributed by atoms with E-state index in [1.807, 2.05) is 53.9 Å². The van der Waals surface area contributed by atoms with E-state index in [0.29, 0.717) is 0 Å². The number of benzene rings is 1. The Kier molecular flexibility index (Phi) is 3.80. The lowest BCUT2D eigenvalue weighted by atomic mass is 10.2. The summed E-state index contributed by atoms with van der Waals surface area (Å²) in [6.07, 6.45) is 3.40. The number of nitrogens with one attached hydrogen (secondary N) is 1. The monoisotopic (exact) mass is 280 g/mol. The van der Waals surface area contributed by atoms with E-state index < -0.39 is 0 Å². The first-order valence-electron chi connectivity index (χ1n) is 6.13. The fraction of sp³-hybridized carbons (Fsp3) is 0. The van der Waals surface area contributed by atoms with Crippen LogP contribution in [0.25, 0.3) is 11.3 Å². The Labute approximate surface area is 120 Å². The van der Waals surface area contributed by atoms with Crippen molar-refractivity contribution in [2.45, 2.75) is 0 Å². The van der Waals surface area contributed by atoms with E-state index in [1.165, 1.54) is 11.3 Å². The number of pyridine rings is 1. The third-order valence-electron chi connectivity index (χ3n) is 2.62. The molecule has 3 rings (SSSR count). The molecule has 20 heavy (non-hydrogen) atoms. The van der Waals surface area contributed by atoms with Gasteiger partial charge in [0.15, 0.2) is 0 Å². The van der Waals surface area contributed by atoms with Gasteiger partial charge in [-0.25, -0.2) is 4.98 Å². The molecule has 3 aromatic rings. The number of hydrazone groups is 1. The van der Waals surface area contributed by atoms with Crippen molar-refractivity contribution in [3.8, 4) is 11.3 Å². The molecule has 4 nitrogen and oxygen atoms in total. The first-order valence-corrected chi connectivity index (χ1v) is 7.01. The number of hydrogen-bond donors (Lipinski definition) is 1.